The molecule has 0 N–H and O–H groups in total. The zero-order valence-electron chi connectivity index (χ0n) is 3.59. The summed E-state index contributed by atoms with van der Waals surface area (Å²) in [5, 5.41) is 0. The third kappa shape index (κ3) is 48.4. The Bertz CT molecular complexity index is 17.7. The van der Waals surface area contributed by atoms with Crippen molar-refractivity contribution in [1.82, 2.24) is 0 Å². The first kappa shape index (κ1) is 22.5. The molecule has 0 aromatic heterocycles. The van der Waals surface area contributed by atoms with Crippen molar-refractivity contribution in [2.75, 3.05) is 0 Å². The molecule has 0 aliphatic rings. The smallest absolute Gasteiger partial charge is 0.854 e. The second-order valence-corrected chi connectivity index (χ2v) is 0.671. The minimum Gasteiger partial charge on any atom is -0.854 e. The summed E-state index contributed by atoms with van der Waals surface area (Å²) in [5.74, 6) is 0. The van der Waals surface area contributed by atoms with E-state index < -0.39 is 8.60 Å². The summed E-state index contributed by atoms with van der Waals surface area (Å²) in [4.78, 5) is 25.4. The maximum Gasteiger partial charge on any atom is 4.00 e. The molecule has 0 aromatic carbocycles. The van der Waals surface area contributed by atoms with Crippen LogP contribution in [0.1, 0.15) is 0 Å². The molecular weight excluding hydrogens is 187 g/mol. The monoisotopic (exact) mass is 187 g/mol. The van der Waals surface area contributed by atoms with E-state index in [4.69, 9.17) is 14.7 Å². The van der Waals surface area contributed by atoms with E-state index in [2.05, 4.69) is 0 Å². The van der Waals surface area contributed by atoms with Gasteiger partial charge in [0.05, 0.1) is 0 Å². The molecule has 7 heteroatoms. The average Bonchev–Trinajstić information content (AvgIpc) is 0.811. The molecule has 0 radical (unpaired) electrons. The quantitative estimate of drug-likeness (QED) is 0.288. The molecule has 0 amide bonds. The van der Waals surface area contributed by atoms with E-state index in [1.54, 1.807) is 0 Å². The zero-order valence-corrected chi connectivity index (χ0v) is 9.90. The van der Waals surface area contributed by atoms with Crippen LogP contribution >= 0.6 is 8.60 Å². The van der Waals surface area contributed by atoms with Crippen molar-refractivity contribution in [3.8, 4) is 0 Å². The van der Waals surface area contributed by atoms with Gasteiger partial charge in [0.1, 0.15) is 0 Å². The molecule has 0 heterocycles. The van der Waals surface area contributed by atoms with Crippen molar-refractivity contribution < 1.29 is 14.7 Å². The van der Waals surface area contributed by atoms with Gasteiger partial charge in [-0.3, -0.25) is 0 Å². The van der Waals surface area contributed by atoms with Crippen molar-refractivity contribution in [2.24, 2.45) is 0 Å². The Balaban J connectivity index is -0.0000000150. The number of hydrogen-bond donors (Lipinski definition) is 0. The molecule has 0 bridgehead atoms. The van der Waals surface area contributed by atoms with Gasteiger partial charge in [-0.05, 0) is 0 Å². The van der Waals surface area contributed by atoms with E-state index in [1.807, 2.05) is 0 Å². The Kier molecular flexibility index (Phi) is 51.5. The first-order valence-corrected chi connectivity index (χ1v) is 1.64. The summed E-state index contributed by atoms with van der Waals surface area (Å²) in [6, 6.07) is 0. The van der Waals surface area contributed by atoms with Crippen molar-refractivity contribution in [2.45, 2.75) is 0 Å². The molecule has 0 aliphatic carbocycles. The van der Waals surface area contributed by atoms with Gasteiger partial charge in [-0.15, -0.1) is 0 Å². The Morgan fingerprint density at radius 1 is 0.857 bits per heavy atom. The maximum atomic E-state index is 8.48. The predicted octanol–water partition coefficient (Wildman–Crippen LogP) is -3.85. The Morgan fingerprint density at radius 3 is 0.857 bits per heavy atom. The van der Waals surface area contributed by atoms with E-state index in [1.165, 1.54) is 0 Å². The van der Waals surface area contributed by atoms with Crippen molar-refractivity contribution in [1.29, 1.82) is 0 Å². The fourth-order valence-electron chi connectivity index (χ4n) is 0. The molecule has 0 unspecified atom stereocenters. The molecule has 3 nitrogen and oxygen atoms in total. The summed E-state index contributed by atoms with van der Waals surface area (Å²) >= 11 is 0. The van der Waals surface area contributed by atoms with Crippen LogP contribution in [0.15, 0.2) is 0 Å². The summed E-state index contributed by atoms with van der Waals surface area (Å²) in [7, 11) is -3.37. The second kappa shape index (κ2) is 16.0. The predicted molar refractivity (Wildman–Crippen MR) is 24.2 cm³/mol. The fourth-order valence-corrected chi connectivity index (χ4v) is 0. The molecule has 26 valence electrons. The normalized spacial score (nSPS) is 5.14. The Labute approximate surface area is 108 Å². The summed E-state index contributed by atoms with van der Waals surface area (Å²) < 4.78 is 0. The van der Waals surface area contributed by atoms with Gasteiger partial charge in [0.2, 0.25) is 0 Å². The summed E-state index contributed by atoms with van der Waals surface area (Å²) in [6.45, 7) is 0. The minimum atomic E-state index is -3.37. The third-order valence-corrected chi connectivity index (χ3v) is 0. The van der Waals surface area contributed by atoms with Gasteiger partial charge >= 0.3 is 86.4 Å². The molecule has 0 aromatic rings. The molecule has 7 heavy (non-hydrogen) atoms. The first-order chi connectivity index (χ1) is 1.73. The van der Waals surface area contributed by atoms with Crippen LogP contribution < -0.4 is 14.7 Å². The van der Waals surface area contributed by atoms with Crippen LogP contribution in [0.4, 0.5) is 0 Å². The molecule has 0 saturated heterocycles. The Morgan fingerprint density at radius 2 is 0.857 bits per heavy atom. The van der Waals surface area contributed by atoms with Crippen LogP contribution in [0.5, 0.6) is 0 Å². The van der Waals surface area contributed by atoms with Gasteiger partial charge in [-0.25, -0.2) is 0 Å². The summed E-state index contributed by atoms with van der Waals surface area (Å²) in [6.07, 6.45) is 0. The van der Waals surface area contributed by atoms with Crippen LogP contribution in [0.2, 0.25) is 0 Å². The van der Waals surface area contributed by atoms with Gasteiger partial charge in [-0.2, -0.15) is 0 Å². The van der Waals surface area contributed by atoms with Crippen molar-refractivity contribution in [3.63, 3.8) is 0 Å². The first-order valence-electron chi connectivity index (χ1n) is 0.548. The molecule has 0 aliphatic heterocycles. The molecule has 0 saturated carbocycles. The largest absolute Gasteiger partial charge is 4.00 e. The number of rotatable bonds is 0. The molecule has 0 spiro atoms. The fraction of sp³-hybridized carbons (Fsp3) is 0. The standard InChI is InChI=1S/2Ca.O3P.Si/c;;1-4(2)3;/q2*+2;-3;+4. The van der Waals surface area contributed by atoms with E-state index in [0.717, 1.165) is 0 Å². The number of hydrogen-bond acceptors (Lipinski definition) is 3. The SMILES string of the molecule is [Ca+2].[Ca+2].[O-]P([O-])[O-].[Si+4]. The van der Waals surface area contributed by atoms with Gasteiger partial charge in [-0.1, -0.05) is 0 Å². The van der Waals surface area contributed by atoms with Crippen LogP contribution in [-0.2, 0) is 0 Å². The van der Waals surface area contributed by atoms with Gasteiger partial charge in [0.25, 0.3) is 0 Å². The summed E-state index contributed by atoms with van der Waals surface area (Å²) in [5.41, 5.74) is 0. The van der Waals surface area contributed by atoms with E-state index >= 15 is 0 Å². The Hall–Kier alpha value is 3.05. The third-order valence-electron chi connectivity index (χ3n) is 0. The van der Waals surface area contributed by atoms with E-state index in [-0.39, 0.29) is 86.4 Å². The van der Waals surface area contributed by atoms with Crippen LogP contribution in [0.3, 0.4) is 0 Å². The van der Waals surface area contributed by atoms with Crippen LogP contribution in [0, 0.1) is 0 Å². The van der Waals surface area contributed by atoms with E-state index in [0.29, 0.717) is 0 Å². The molecular formula is Ca2O3PSi+5. The molecule has 0 rings (SSSR count). The maximum absolute atomic E-state index is 8.48. The average molecular weight is 187 g/mol. The zero-order chi connectivity index (χ0) is 3.58. The topological polar surface area (TPSA) is 69.2 Å². The van der Waals surface area contributed by atoms with Crippen LogP contribution in [-0.4, -0.2) is 86.4 Å². The van der Waals surface area contributed by atoms with Crippen LogP contribution in [0.25, 0.3) is 0 Å². The molecule has 0 atom stereocenters. The minimum absolute atomic E-state index is 0. The van der Waals surface area contributed by atoms with Gasteiger partial charge in [0.15, 0.2) is 0 Å². The second-order valence-electron chi connectivity index (χ2n) is 0.224. The van der Waals surface area contributed by atoms with Gasteiger partial charge in [0, 0.05) is 0 Å². The van der Waals surface area contributed by atoms with Crippen molar-refractivity contribution in [3.05, 3.63) is 0 Å². The van der Waals surface area contributed by atoms with E-state index in [9.17, 15) is 0 Å². The molecule has 0 fully saturated rings. The van der Waals surface area contributed by atoms with Crippen molar-refractivity contribution >= 4 is 95.0 Å². The van der Waals surface area contributed by atoms with Gasteiger partial charge < -0.3 is 23.3 Å².